The number of oxazole rings is 1. The van der Waals surface area contributed by atoms with Gasteiger partial charge in [0.1, 0.15) is 0 Å². The second-order valence-electron chi connectivity index (χ2n) is 8.01. The number of rotatable bonds is 3. The third-order valence-electron chi connectivity index (χ3n) is 5.92. The number of benzene rings is 1. The van der Waals surface area contributed by atoms with Crippen molar-refractivity contribution in [3.8, 4) is 11.3 Å². The van der Waals surface area contributed by atoms with E-state index in [9.17, 15) is 4.79 Å². The smallest absolute Gasteiger partial charge is 0.276 e. The molecule has 0 aliphatic carbocycles. The van der Waals surface area contributed by atoms with Crippen molar-refractivity contribution in [1.29, 1.82) is 0 Å². The third-order valence-corrected chi connectivity index (χ3v) is 6.16. The molecule has 1 amide bonds. The first-order valence-electron chi connectivity index (χ1n) is 10.1. The molecule has 2 aliphatic heterocycles. The van der Waals surface area contributed by atoms with Crippen molar-refractivity contribution in [3.63, 3.8) is 0 Å². The van der Waals surface area contributed by atoms with Gasteiger partial charge in [0.05, 0.1) is 6.04 Å². The van der Waals surface area contributed by atoms with Crippen molar-refractivity contribution >= 4 is 23.5 Å². The van der Waals surface area contributed by atoms with Gasteiger partial charge in [0.25, 0.3) is 5.91 Å². The highest BCUT2D eigenvalue weighted by Crippen LogP contribution is 2.36. The first-order chi connectivity index (χ1) is 14.5. The summed E-state index contributed by atoms with van der Waals surface area (Å²) in [5.41, 5.74) is 2.98. The van der Waals surface area contributed by atoms with Gasteiger partial charge in [0.2, 0.25) is 5.95 Å². The van der Waals surface area contributed by atoms with Crippen LogP contribution in [0.5, 0.6) is 0 Å². The van der Waals surface area contributed by atoms with Gasteiger partial charge < -0.3 is 14.2 Å². The van der Waals surface area contributed by atoms with E-state index in [4.69, 9.17) is 16.0 Å². The van der Waals surface area contributed by atoms with Crippen molar-refractivity contribution in [3.05, 3.63) is 58.8 Å². The highest BCUT2D eigenvalue weighted by atomic mass is 35.5. The van der Waals surface area contributed by atoms with E-state index in [-0.39, 0.29) is 11.9 Å². The second kappa shape index (κ2) is 7.40. The van der Waals surface area contributed by atoms with Crippen molar-refractivity contribution in [1.82, 2.24) is 19.9 Å². The molecular weight excluding hydrogens is 402 g/mol. The molecule has 2 unspecified atom stereocenters. The molecule has 0 N–H and O–H groups in total. The molecule has 2 aromatic heterocycles. The number of likely N-dealkylation sites (tertiary alicyclic amines) is 1. The van der Waals surface area contributed by atoms with E-state index in [1.807, 2.05) is 36.9 Å². The van der Waals surface area contributed by atoms with E-state index in [0.29, 0.717) is 35.5 Å². The Kier molecular flexibility index (Phi) is 4.70. The monoisotopic (exact) mass is 423 g/mol. The van der Waals surface area contributed by atoms with Gasteiger partial charge in [0, 0.05) is 47.5 Å². The quantitative estimate of drug-likeness (QED) is 0.638. The molecule has 8 heteroatoms. The molecule has 0 saturated carbocycles. The maximum absolute atomic E-state index is 13.3. The maximum Gasteiger partial charge on any atom is 0.276 e. The molecule has 2 saturated heterocycles. The Morgan fingerprint density at radius 2 is 1.97 bits per heavy atom. The van der Waals surface area contributed by atoms with E-state index in [1.165, 1.54) is 6.39 Å². The molecule has 30 heavy (non-hydrogen) atoms. The standard InChI is InChI=1S/C22H22ClN5O2/c1-13-8-14(2)26-22(25-13)28-10-16-6-7-27(11-18(16)28)21(29)19-20(30-12-24-19)15-4-3-5-17(23)9-15/h3-5,8-9,12,16,18H,6-7,10-11H2,1-2H3. The summed E-state index contributed by atoms with van der Waals surface area (Å²) < 4.78 is 5.55. The van der Waals surface area contributed by atoms with Crippen LogP contribution in [0.3, 0.4) is 0 Å². The number of hydrogen-bond donors (Lipinski definition) is 0. The van der Waals surface area contributed by atoms with Crippen LogP contribution in [0.1, 0.15) is 28.3 Å². The lowest BCUT2D eigenvalue weighted by molar-refractivity contribution is 0.0584. The fourth-order valence-electron chi connectivity index (χ4n) is 4.43. The zero-order valence-electron chi connectivity index (χ0n) is 16.9. The van der Waals surface area contributed by atoms with Gasteiger partial charge in [-0.25, -0.2) is 15.0 Å². The normalized spacial score (nSPS) is 20.6. The van der Waals surface area contributed by atoms with E-state index in [1.54, 1.807) is 12.1 Å². The molecule has 0 bridgehead atoms. The Bertz CT molecular complexity index is 1090. The number of amides is 1. The first kappa shape index (κ1) is 19.1. The Morgan fingerprint density at radius 3 is 2.73 bits per heavy atom. The number of hydrogen-bond acceptors (Lipinski definition) is 6. The third kappa shape index (κ3) is 3.33. The minimum Gasteiger partial charge on any atom is -0.443 e. The molecule has 3 aromatic rings. The van der Waals surface area contributed by atoms with Crippen LogP contribution in [0.2, 0.25) is 5.02 Å². The Labute approximate surface area is 179 Å². The van der Waals surface area contributed by atoms with Gasteiger partial charge in [-0.1, -0.05) is 23.7 Å². The van der Waals surface area contributed by atoms with E-state index < -0.39 is 0 Å². The SMILES string of the molecule is Cc1cc(C)nc(N2CC3CCN(C(=O)c4ncoc4-c4cccc(Cl)c4)CC32)n1. The second-order valence-corrected chi connectivity index (χ2v) is 8.45. The molecule has 1 aromatic carbocycles. The predicted molar refractivity (Wildman–Crippen MR) is 114 cm³/mol. The number of carbonyl (C=O) groups is 1. The van der Waals surface area contributed by atoms with Gasteiger partial charge in [0.15, 0.2) is 17.8 Å². The van der Waals surface area contributed by atoms with Gasteiger partial charge in [-0.05, 0) is 38.5 Å². The van der Waals surface area contributed by atoms with Crippen molar-refractivity contribution in [2.24, 2.45) is 5.92 Å². The molecule has 4 heterocycles. The summed E-state index contributed by atoms with van der Waals surface area (Å²) in [4.78, 5) is 30.8. The number of anilines is 1. The van der Waals surface area contributed by atoms with Crippen molar-refractivity contribution in [2.45, 2.75) is 26.3 Å². The van der Waals surface area contributed by atoms with Gasteiger partial charge >= 0.3 is 0 Å². The number of aromatic nitrogens is 3. The summed E-state index contributed by atoms with van der Waals surface area (Å²) in [6.07, 6.45) is 2.28. The zero-order valence-corrected chi connectivity index (χ0v) is 17.6. The molecule has 2 fully saturated rings. The Balaban J connectivity index is 1.37. The number of piperidine rings is 1. The number of halogens is 1. The van der Waals surface area contributed by atoms with Gasteiger partial charge in [-0.2, -0.15) is 0 Å². The van der Waals surface area contributed by atoms with Crippen LogP contribution >= 0.6 is 11.6 Å². The first-order valence-corrected chi connectivity index (χ1v) is 10.4. The largest absolute Gasteiger partial charge is 0.443 e. The zero-order chi connectivity index (χ0) is 20.8. The van der Waals surface area contributed by atoms with Crippen molar-refractivity contribution in [2.75, 3.05) is 24.5 Å². The lowest BCUT2D eigenvalue weighted by atomic mass is 9.82. The fraction of sp³-hybridized carbons (Fsp3) is 0.364. The van der Waals surface area contributed by atoms with Crippen LogP contribution in [0.4, 0.5) is 5.95 Å². The predicted octanol–water partition coefficient (Wildman–Crippen LogP) is 3.75. The van der Waals surface area contributed by atoms with Crippen LogP contribution < -0.4 is 4.90 Å². The van der Waals surface area contributed by atoms with E-state index in [0.717, 1.165) is 35.9 Å². The summed E-state index contributed by atoms with van der Waals surface area (Å²) in [7, 11) is 0. The van der Waals surface area contributed by atoms with Crippen LogP contribution in [0, 0.1) is 19.8 Å². The lowest BCUT2D eigenvalue weighted by Gasteiger charge is -2.53. The molecule has 7 nitrogen and oxygen atoms in total. The van der Waals surface area contributed by atoms with Gasteiger partial charge in [-0.15, -0.1) is 0 Å². The molecule has 0 radical (unpaired) electrons. The van der Waals surface area contributed by atoms with Gasteiger partial charge in [-0.3, -0.25) is 4.79 Å². The Hall–Kier alpha value is -2.93. The molecule has 2 aliphatic rings. The summed E-state index contributed by atoms with van der Waals surface area (Å²) in [6, 6.07) is 9.45. The molecule has 2 atom stereocenters. The minimum absolute atomic E-state index is 0.120. The number of aryl methyl sites for hydroxylation is 2. The maximum atomic E-state index is 13.3. The fourth-order valence-corrected chi connectivity index (χ4v) is 4.62. The van der Waals surface area contributed by atoms with Crippen LogP contribution in [0.15, 0.2) is 41.1 Å². The highest BCUT2D eigenvalue weighted by Gasteiger charge is 2.45. The molecule has 0 spiro atoms. The van der Waals surface area contributed by atoms with E-state index >= 15 is 0 Å². The number of fused-ring (bicyclic) bond motifs is 1. The minimum atomic E-state index is -0.120. The number of nitrogens with zero attached hydrogens (tertiary/aromatic N) is 5. The van der Waals surface area contributed by atoms with E-state index in [2.05, 4.69) is 19.9 Å². The topological polar surface area (TPSA) is 75.4 Å². The Morgan fingerprint density at radius 1 is 1.17 bits per heavy atom. The highest BCUT2D eigenvalue weighted by molar-refractivity contribution is 6.30. The summed E-state index contributed by atoms with van der Waals surface area (Å²) >= 11 is 6.11. The average molecular weight is 424 g/mol. The van der Waals surface area contributed by atoms with Crippen LogP contribution in [-0.2, 0) is 0 Å². The molecular formula is C22H22ClN5O2. The van der Waals surface area contributed by atoms with Crippen LogP contribution in [0.25, 0.3) is 11.3 Å². The van der Waals surface area contributed by atoms with Crippen molar-refractivity contribution < 1.29 is 9.21 Å². The lowest BCUT2D eigenvalue weighted by Crippen LogP contribution is -2.65. The van der Waals surface area contributed by atoms with Crippen LogP contribution in [-0.4, -0.2) is 51.4 Å². The summed E-state index contributed by atoms with van der Waals surface area (Å²) in [6.45, 7) is 6.24. The average Bonchev–Trinajstić information content (AvgIpc) is 3.17. The summed E-state index contributed by atoms with van der Waals surface area (Å²) in [5, 5.41) is 0.585. The molecule has 154 valence electrons. The number of carbonyl (C=O) groups excluding carboxylic acids is 1. The molecule has 5 rings (SSSR count). The summed E-state index contributed by atoms with van der Waals surface area (Å²) in [5.74, 6) is 1.64.